The van der Waals surface area contributed by atoms with Crippen molar-refractivity contribution in [1.29, 1.82) is 0 Å². The lowest BCUT2D eigenvalue weighted by Gasteiger charge is -2.21. The second-order valence-electron chi connectivity index (χ2n) is 8.29. The van der Waals surface area contributed by atoms with E-state index in [4.69, 9.17) is 23.4 Å². The molecule has 1 heterocycles. The standard InChI is InChI=1S/C27H27NO7/c1-15(2)24(28-26(29)16-12-22(31-3)25(33-5)23(13-16)32-4)27(30)34-17-10-11-21-19(14-17)18-8-6-7-9-20(18)35-21/h6-15,24H,1-5H3,(H,28,29)/t24-/m0/s1. The monoisotopic (exact) mass is 477 g/mol. The van der Waals surface area contributed by atoms with Crippen LogP contribution < -0.4 is 24.3 Å². The van der Waals surface area contributed by atoms with Gasteiger partial charge in [0.25, 0.3) is 5.91 Å². The van der Waals surface area contributed by atoms with Gasteiger partial charge in [0, 0.05) is 16.3 Å². The van der Waals surface area contributed by atoms with Crippen molar-refractivity contribution in [2.24, 2.45) is 5.92 Å². The van der Waals surface area contributed by atoms with E-state index in [1.165, 1.54) is 33.5 Å². The Labute approximate surface area is 202 Å². The summed E-state index contributed by atoms with van der Waals surface area (Å²) in [6, 6.07) is 15.0. The second-order valence-corrected chi connectivity index (χ2v) is 8.29. The van der Waals surface area contributed by atoms with Crippen molar-refractivity contribution >= 4 is 33.8 Å². The van der Waals surface area contributed by atoms with Crippen molar-refractivity contribution < 1.29 is 33.0 Å². The summed E-state index contributed by atoms with van der Waals surface area (Å²) in [7, 11) is 4.41. The molecule has 0 aliphatic heterocycles. The van der Waals surface area contributed by atoms with Crippen molar-refractivity contribution in [2.45, 2.75) is 19.9 Å². The Hall–Kier alpha value is -4.20. The average Bonchev–Trinajstić information content (AvgIpc) is 3.23. The zero-order chi connectivity index (χ0) is 25.1. The number of hydrogen-bond acceptors (Lipinski definition) is 7. The molecule has 1 amide bonds. The van der Waals surface area contributed by atoms with Crippen LogP contribution in [0.15, 0.2) is 59.0 Å². The Balaban J connectivity index is 1.56. The molecule has 0 aliphatic rings. The molecule has 1 aromatic heterocycles. The molecular formula is C27H27NO7. The number of nitrogens with one attached hydrogen (secondary N) is 1. The summed E-state index contributed by atoms with van der Waals surface area (Å²) in [5.41, 5.74) is 1.70. The minimum Gasteiger partial charge on any atom is -0.493 e. The number of fused-ring (bicyclic) bond motifs is 3. The zero-order valence-electron chi connectivity index (χ0n) is 20.2. The fourth-order valence-corrected chi connectivity index (χ4v) is 3.88. The summed E-state index contributed by atoms with van der Waals surface area (Å²) in [6.07, 6.45) is 0. The van der Waals surface area contributed by atoms with Crippen LogP contribution >= 0.6 is 0 Å². The third kappa shape index (κ3) is 4.73. The van der Waals surface area contributed by atoms with Gasteiger partial charge in [-0.05, 0) is 42.3 Å². The first kappa shape index (κ1) is 23.9. The first-order valence-electron chi connectivity index (χ1n) is 11.1. The van der Waals surface area contributed by atoms with Gasteiger partial charge in [0.1, 0.15) is 23.0 Å². The lowest BCUT2D eigenvalue weighted by molar-refractivity contribution is -0.137. The van der Waals surface area contributed by atoms with E-state index in [1.54, 1.807) is 18.2 Å². The highest BCUT2D eigenvalue weighted by molar-refractivity contribution is 6.05. The van der Waals surface area contributed by atoms with E-state index in [-0.39, 0.29) is 11.5 Å². The van der Waals surface area contributed by atoms with E-state index in [2.05, 4.69) is 5.32 Å². The summed E-state index contributed by atoms with van der Waals surface area (Å²) < 4.78 is 27.4. The topological polar surface area (TPSA) is 96.2 Å². The molecule has 8 nitrogen and oxygen atoms in total. The van der Waals surface area contributed by atoms with Gasteiger partial charge < -0.3 is 28.7 Å². The van der Waals surface area contributed by atoms with Gasteiger partial charge in [-0.2, -0.15) is 0 Å². The number of ether oxygens (including phenoxy) is 4. The molecule has 0 radical (unpaired) electrons. The average molecular weight is 478 g/mol. The van der Waals surface area contributed by atoms with Crippen molar-refractivity contribution in [1.82, 2.24) is 5.32 Å². The van der Waals surface area contributed by atoms with Gasteiger partial charge in [0.05, 0.1) is 21.3 Å². The molecule has 3 aromatic carbocycles. The highest BCUT2D eigenvalue weighted by atomic mass is 16.5. The van der Waals surface area contributed by atoms with E-state index in [0.29, 0.717) is 28.6 Å². The van der Waals surface area contributed by atoms with Gasteiger partial charge in [-0.1, -0.05) is 32.0 Å². The number of benzene rings is 3. The summed E-state index contributed by atoms with van der Waals surface area (Å²) in [4.78, 5) is 26.1. The molecule has 0 unspecified atom stereocenters. The number of carbonyl (C=O) groups is 2. The minimum atomic E-state index is -0.890. The van der Waals surface area contributed by atoms with Crippen molar-refractivity contribution in [3.05, 3.63) is 60.2 Å². The minimum absolute atomic E-state index is 0.230. The molecule has 8 heteroatoms. The van der Waals surface area contributed by atoms with Crippen LogP contribution in [0.5, 0.6) is 23.0 Å². The number of amides is 1. The Kier molecular flexibility index (Phi) is 6.82. The third-order valence-electron chi connectivity index (χ3n) is 5.70. The van der Waals surface area contributed by atoms with Crippen molar-refractivity contribution in [3.8, 4) is 23.0 Å². The van der Waals surface area contributed by atoms with Crippen LogP contribution in [0.1, 0.15) is 24.2 Å². The maximum Gasteiger partial charge on any atom is 0.334 e. The molecule has 0 saturated heterocycles. The molecular weight excluding hydrogens is 450 g/mol. The summed E-state index contributed by atoms with van der Waals surface area (Å²) in [5.74, 6) is 0.119. The van der Waals surface area contributed by atoms with Gasteiger partial charge >= 0.3 is 5.97 Å². The molecule has 0 saturated carbocycles. The number of rotatable bonds is 8. The van der Waals surface area contributed by atoms with Crippen LogP contribution in [0, 0.1) is 5.92 Å². The zero-order valence-corrected chi connectivity index (χ0v) is 20.2. The number of hydrogen-bond donors (Lipinski definition) is 1. The van der Waals surface area contributed by atoms with Gasteiger partial charge in [0.15, 0.2) is 11.5 Å². The lowest BCUT2D eigenvalue weighted by atomic mass is 10.0. The molecule has 0 spiro atoms. The molecule has 182 valence electrons. The first-order chi connectivity index (χ1) is 16.9. The van der Waals surface area contributed by atoms with E-state index >= 15 is 0 Å². The largest absolute Gasteiger partial charge is 0.493 e. The predicted octanol–water partition coefficient (Wildman–Crippen LogP) is 4.97. The van der Waals surface area contributed by atoms with E-state index in [1.807, 2.05) is 38.1 Å². The lowest BCUT2D eigenvalue weighted by Crippen LogP contribution is -2.46. The van der Waals surface area contributed by atoms with Crippen LogP contribution in [0.25, 0.3) is 21.9 Å². The normalized spacial score (nSPS) is 11.9. The Morgan fingerprint density at radius 1 is 0.829 bits per heavy atom. The van der Waals surface area contributed by atoms with Crippen LogP contribution in [0.4, 0.5) is 0 Å². The number of methoxy groups -OCH3 is 3. The number of carbonyl (C=O) groups excluding carboxylic acids is 2. The quantitative estimate of drug-likeness (QED) is 0.283. The van der Waals surface area contributed by atoms with E-state index in [9.17, 15) is 9.59 Å². The fraction of sp³-hybridized carbons (Fsp3) is 0.259. The van der Waals surface area contributed by atoms with Crippen LogP contribution in [-0.2, 0) is 4.79 Å². The summed E-state index contributed by atoms with van der Waals surface area (Å²) in [6.45, 7) is 3.66. The molecule has 1 N–H and O–H groups in total. The molecule has 0 fully saturated rings. The van der Waals surface area contributed by atoms with Crippen molar-refractivity contribution in [2.75, 3.05) is 21.3 Å². The molecule has 4 aromatic rings. The highest BCUT2D eigenvalue weighted by Gasteiger charge is 2.28. The SMILES string of the molecule is COc1cc(C(=O)N[C@H](C(=O)Oc2ccc3oc4ccccc4c3c2)C(C)C)cc(OC)c1OC. The van der Waals surface area contributed by atoms with Gasteiger partial charge in [-0.25, -0.2) is 4.79 Å². The molecule has 4 rings (SSSR count). The Bertz CT molecular complexity index is 1360. The van der Waals surface area contributed by atoms with Crippen LogP contribution in [-0.4, -0.2) is 39.2 Å². The molecule has 0 aliphatic carbocycles. The number of esters is 1. The van der Waals surface area contributed by atoms with Gasteiger partial charge in [-0.3, -0.25) is 4.79 Å². The molecule has 35 heavy (non-hydrogen) atoms. The van der Waals surface area contributed by atoms with Gasteiger partial charge in [-0.15, -0.1) is 0 Å². The first-order valence-corrected chi connectivity index (χ1v) is 11.1. The number of furan rings is 1. The predicted molar refractivity (Wildman–Crippen MR) is 132 cm³/mol. The van der Waals surface area contributed by atoms with E-state index in [0.717, 1.165) is 16.4 Å². The highest BCUT2D eigenvalue weighted by Crippen LogP contribution is 2.38. The van der Waals surface area contributed by atoms with Crippen molar-refractivity contribution in [3.63, 3.8) is 0 Å². The maximum absolute atomic E-state index is 13.1. The summed E-state index contributed by atoms with van der Waals surface area (Å²) in [5, 5.41) is 4.54. The third-order valence-corrected chi connectivity index (χ3v) is 5.70. The van der Waals surface area contributed by atoms with Crippen LogP contribution in [0.3, 0.4) is 0 Å². The van der Waals surface area contributed by atoms with E-state index < -0.39 is 17.9 Å². The maximum atomic E-state index is 13.1. The second kappa shape index (κ2) is 9.97. The Morgan fingerprint density at radius 3 is 2.11 bits per heavy atom. The van der Waals surface area contributed by atoms with Gasteiger partial charge in [0.2, 0.25) is 5.75 Å². The van der Waals surface area contributed by atoms with Crippen LogP contribution in [0.2, 0.25) is 0 Å². The fourth-order valence-electron chi connectivity index (χ4n) is 3.88. The smallest absolute Gasteiger partial charge is 0.334 e. The Morgan fingerprint density at radius 2 is 1.49 bits per heavy atom. The molecule has 1 atom stereocenters. The summed E-state index contributed by atoms with van der Waals surface area (Å²) >= 11 is 0. The number of para-hydroxylation sites is 1. The molecule has 0 bridgehead atoms.